The molecule has 64 valence electrons. The van der Waals surface area contributed by atoms with Gasteiger partial charge >= 0.3 is 0 Å². The first kappa shape index (κ1) is 9.19. The van der Waals surface area contributed by atoms with Crippen molar-refractivity contribution in [3.05, 3.63) is 29.6 Å². The zero-order valence-electron chi connectivity index (χ0n) is 6.49. The van der Waals surface area contributed by atoms with E-state index in [0.29, 0.717) is 5.69 Å². The molecule has 0 saturated carbocycles. The highest BCUT2D eigenvalue weighted by molar-refractivity contribution is 9.18. The molecule has 0 saturated heterocycles. The average molecular weight is 231 g/mol. The van der Waals surface area contributed by atoms with Crippen molar-refractivity contribution in [2.24, 2.45) is 0 Å². The van der Waals surface area contributed by atoms with E-state index in [1.807, 2.05) is 0 Å². The first-order valence-corrected chi connectivity index (χ1v) is 4.16. The lowest BCUT2D eigenvalue weighted by molar-refractivity contribution is 0.626. The number of nitrogens with one attached hydrogen (secondary N) is 2. The minimum atomic E-state index is -0.399. The highest BCUT2D eigenvalue weighted by atomic mass is 79.9. The second kappa shape index (κ2) is 3.67. The second-order valence-corrected chi connectivity index (χ2v) is 3.02. The third-order valence-electron chi connectivity index (χ3n) is 1.50. The van der Waals surface area contributed by atoms with Gasteiger partial charge in [0.25, 0.3) is 0 Å². The molecule has 0 fully saturated rings. The first-order valence-electron chi connectivity index (χ1n) is 3.37. The fourth-order valence-corrected chi connectivity index (χ4v) is 1.36. The third-order valence-corrected chi connectivity index (χ3v) is 1.90. The highest BCUT2D eigenvalue weighted by Crippen LogP contribution is 2.20. The van der Waals surface area contributed by atoms with Gasteiger partial charge in [-0.3, -0.25) is 5.41 Å². The molecule has 0 bridgehead atoms. The van der Waals surface area contributed by atoms with Crippen LogP contribution in [0.4, 0.5) is 10.1 Å². The lowest BCUT2D eigenvalue weighted by Gasteiger charge is -2.06. The van der Waals surface area contributed by atoms with Crippen LogP contribution in [0.15, 0.2) is 18.2 Å². The lowest BCUT2D eigenvalue weighted by atomic mass is 10.2. The van der Waals surface area contributed by atoms with Crippen LogP contribution in [-0.2, 0) is 0 Å². The summed E-state index contributed by atoms with van der Waals surface area (Å²) in [6.45, 7) is 0. The van der Waals surface area contributed by atoms with Gasteiger partial charge < -0.3 is 5.32 Å². The monoisotopic (exact) mass is 230 g/mol. The Morgan fingerprint density at radius 3 is 2.67 bits per heavy atom. The van der Waals surface area contributed by atoms with E-state index in [4.69, 9.17) is 5.41 Å². The maximum atomic E-state index is 13.1. The van der Waals surface area contributed by atoms with Crippen molar-refractivity contribution in [1.82, 2.24) is 0 Å². The molecule has 2 nitrogen and oxygen atoms in total. The molecule has 0 atom stereocenters. The molecule has 0 spiro atoms. The molecule has 0 aliphatic rings. The van der Waals surface area contributed by atoms with E-state index in [1.165, 1.54) is 6.07 Å². The summed E-state index contributed by atoms with van der Waals surface area (Å²) < 4.78 is 13.1. The maximum Gasteiger partial charge on any atom is 0.135 e. The summed E-state index contributed by atoms with van der Waals surface area (Å²) in [6, 6.07) is 4.64. The number of anilines is 1. The lowest BCUT2D eigenvalue weighted by Crippen LogP contribution is -2.00. The van der Waals surface area contributed by atoms with E-state index < -0.39 is 5.82 Å². The predicted molar refractivity (Wildman–Crippen MR) is 51.7 cm³/mol. The van der Waals surface area contributed by atoms with Crippen LogP contribution in [0.25, 0.3) is 0 Å². The van der Waals surface area contributed by atoms with Crippen molar-refractivity contribution in [2.45, 2.75) is 0 Å². The fourth-order valence-electron chi connectivity index (χ4n) is 0.956. The molecule has 12 heavy (non-hydrogen) atoms. The molecule has 0 aliphatic heterocycles. The molecular formula is C8H8BrFN2. The minimum Gasteiger partial charge on any atom is -0.387 e. The predicted octanol–water partition coefficient (Wildman–Crippen LogP) is 2.59. The van der Waals surface area contributed by atoms with Crippen LogP contribution >= 0.6 is 15.9 Å². The molecule has 0 aliphatic carbocycles. The molecule has 1 aromatic rings. The van der Waals surface area contributed by atoms with Crippen LogP contribution in [0, 0.1) is 11.2 Å². The third kappa shape index (κ3) is 1.64. The van der Waals surface area contributed by atoms with Gasteiger partial charge in [-0.05, 0) is 28.1 Å². The Morgan fingerprint density at radius 1 is 1.58 bits per heavy atom. The van der Waals surface area contributed by atoms with Crippen molar-refractivity contribution in [1.29, 1.82) is 5.41 Å². The average Bonchev–Trinajstić information content (AvgIpc) is 2.03. The van der Waals surface area contributed by atoms with Crippen LogP contribution in [0.1, 0.15) is 5.56 Å². The maximum absolute atomic E-state index is 13.1. The summed E-state index contributed by atoms with van der Waals surface area (Å²) in [6.07, 6.45) is 0. The summed E-state index contributed by atoms with van der Waals surface area (Å²) in [5, 5.41) is 10.1. The summed E-state index contributed by atoms with van der Waals surface area (Å²) in [4.78, 5) is 0. The number of hydrogen-bond donors (Lipinski definition) is 2. The molecule has 0 radical (unpaired) electrons. The zero-order valence-corrected chi connectivity index (χ0v) is 8.07. The van der Waals surface area contributed by atoms with E-state index in [1.54, 1.807) is 19.2 Å². The van der Waals surface area contributed by atoms with Gasteiger partial charge in [0.2, 0.25) is 0 Å². The van der Waals surface area contributed by atoms with Gasteiger partial charge in [0.1, 0.15) is 10.4 Å². The van der Waals surface area contributed by atoms with Gasteiger partial charge in [0.15, 0.2) is 0 Å². The van der Waals surface area contributed by atoms with Gasteiger partial charge in [-0.15, -0.1) is 0 Å². The summed E-state index contributed by atoms with van der Waals surface area (Å²) in [5.41, 5.74) is 0.872. The Kier molecular flexibility index (Phi) is 2.81. The Hall–Kier alpha value is -0.900. The number of halogens is 2. The summed E-state index contributed by atoms with van der Waals surface area (Å²) >= 11 is 2.93. The van der Waals surface area contributed by atoms with Crippen molar-refractivity contribution in [3.63, 3.8) is 0 Å². The molecule has 4 heteroatoms. The molecule has 0 heterocycles. The summed E-state index contributed by atoms with van der Waals surface area (Å²) in [5.74, 6) is -0.399. The number of rotatable bonds is 2. The number of hydrogen-bond acceptors (Lipinski definition) is 2. The number of benzene rings is 1. The first-order chi connectivity index (χ1) is 5.66. The van der Waals surface area contributed by atoms with Crippen LogP contribution in [0.5, 0.6) is 0 Å². The SMILES string of the molecule is CNc1cccc(F)c1C(=N)Br. The Balaban J connectivity index is 3.29. The zero-order chi connectivity index (χ0) is 9.14. The summed E-state index contributed by atoms with van der Waals surface area (Å²) in [7, 11) is 1.69. The second-order valence-electron chi connectivity index (χ2n) is 2.23. The molecule has 0 amide bonds. The highest BCUT2D eigenvalue weighted by Gasteiger charge is 2.09. The molecule has 1 rings (SSSR count). The smallest absolute Gasteiger partial charge is 0.135 e. The topological polar surface area (TPSA) is 35.9 Å². The quantitative estimate of drug-likeness (QED) is 0.754. The molecule has 2 N–H and O–H groups in total. The van der Waals surface area contributed by atoms with Crippen molar-refractivity contribution in [3.8, 4) is 0 Å². The van der Waals surface area contributed by atoms with E-state index in [2.05, 4.69) is 21.2 Å². The van der Waals surface area contributed by atoms with Crippen molar-refractivity contribution in [2.75, 3.05) is 12.4 Å². The molecule has 0 unspecified atom stereocenters. The largest absolute Gasteiger partial charge is 0.387 e. The fraction of sp³-hybridized carbons (Fsp3) is 0.125. The van der Waals surface area contributed by atoms with Gasteiger partial charge in [-0.25, -0.2) is 4.39 Å². The van der Waals surface area contributed by atoms with E-state index in [0.717, 1.165) is 0 Å². The Bertz CT molecular complexity index is 312. The van der Waals surface area contributed by atoms with Gasteiger partial charge in [-0.2, -0.15) is 0 Å². The van der Waals surface area contributed by atoms with E-state index in [9.17, 15) is 4.39 Å². The normalized spacial score (nSPS) is 9.58. The van der Waals surface area contributed by atoms with Crippen LogP contribution in [0.3, 0.4) is 0 Å². The standard InChI is InChI=1S/C8H8BrFN2/c1-12-6-4-2-3-5(10)7(6)8(9)11/h2-4,11-12H,1H3. The van der Waals surface area contributed by atoms with E-state index in [-0.39, 0.29) is 10.2 Å². The van der Waals surface area contributed by atoms with Crippen LogP contribution < -0.4 is 5.32 Å². The Morgan fingerprint density at radius 2 is 2.25 bits per heavy atom. The van der Waals surface area contributed by atoms with E-state index >= 15 is 0 Å². The molecular weight excluding hydrogens is 223 g/mol. The molecule has 1 aromatic carbocycles. The minimum absolute atomic E-state index is 0.0463. The molecule has 0 aromatic heterocycles. The van der Waals surface area contributed by atoms with Gasteiger partial charge in [0.05, 0.1) is 5.56 Å². The van der Waals surface area contributed by atoms with Crippen molar-refractivity contribution < 1.29 is 4.39 Å². The Labute approximate surface area is 78.4 Å². The van der Waals surface area contributed by atoms with Gasteiger partial charge in [0, 0.05) is 12.7 Å². The van der Waals surface area contributed by atoms with Crippen LogP contribution in [-0.4, -0.2) is 11.7 Å². The van der Waals surface area contributed by atoms with Crippen molar-refractivity contribution >= 4 is 26.2 Å². The van der Waals surface area contributed by atoms with Crippen LogP contribution in [0.2, 0.25) is 0 Å². The van der Waals surface area contributed by atoms with Gasteiger partial charge in [-0.1, -0.05) is 6.07 Å².